The van der Waals surface area contributed by atoms with E-state index in [0.717, 1.165) is 32.8 Å². The average Bonchev–Trinajstić information content (AvgIpc) is 2.66. The molecule has 0 aliphatic carbocycles. The van der Waals surface area contributed by atoms with Gasteiger partial charge in [-0.3, -0.25) is 9.78 Å². The highest BCUT2D eigenvalue weighted by Gasteiger charge is 2.12. The molecule has 0 unspecified atom stereocenters. The van der Waals surface area contributed by atoms with E-state index < -0.39 is 5.91 Å². The van der Waals surface area contributed by atoms with Crippen LogP contribution in [0.15, 0.2) is 77.9 Å². The lowest BCUT2D eigenvalue weighted by Gasteiger charge is -2.10. The molecule has 0 atom stereocenters. The molecule has 4 aromatic rings. The van der Waals surface area contributed by atoms with Crippen molar-refractivity contribution in [3.8, 4) is 11.3 Å². The minimum atomic E-state index is -0.465. The summed E-state index contributed by atoms with van der Waals surface area (Å²) in [5, 5.41) is 4.11. The Bertz CT molecular complexity index is 1170. The van der Waals surface area contributed by atoms with Gasteiger partial charge in [0.1, 0.15) is 0 Å². The highest BCUT2D eigenvalue weighted by molar-refractivity contribution is 6.08. The van der Waals surface area contributed by atoms with Gasteiger partial charge in [-0.1, -0.05) is 48.5 Å². The summed E-state index contributed by atoms with van der Waals surface area (Å²) < 4.78 is 0. The van der Waals surface area contributed by atoms with Gasteiger partial charge in [0, 0.05) is 22.7 Å². The summed E-state index contributed by atoms with van der Waals surface area (Å²) in [5.41, 5.74) is 12.9. The molecule has 0 aliphatic rings. The van der Waals surface area contributed by atoms with Crippen LogP contribution in [0.2, 0.25) is 0 Å². The Kier molecular flexibility index (Phi) is 3.82. The number of pyridine rings is 1. The van der Waals surface area contributed by atoms with E-state index in [1.165, 1.54) is 0 Å². The third-order valence-electron chi connectivity index (χ3n) is 4.29. The molecule has 3 aromatic carbocycles. The number of amides is 1. The van der Waals surface area contributed by atoms with Crippen LogP contribution in [0.5, 0.6) is 0 Å². The average molecular weight is 340 g/mol. The van der Waals surface area contributed by atoms with Gasteiger partial charge in [0.2, 0.25) is 0 Å². The van der Waals surface area contributed by atoms with Crippen molar-refractivity contribution in [2.24, 2.45) is 16.5 Å². The lowest BCUT2D eigenvalue weighted by Crippen LogP contribution is -2.24. The number of aromatic nitrogens is 1. The lowest BCUT2D eigenvalue weighted by molar-refractivity contribution is 0.100. The Hall–Kier alpha value is -3.73. The number of aliphatic imine (C=N–C) groups is 1. The number of carbonyl (C=O) groups excluding carboxylic acids is 1. The van der Waals surface area contributed by atoms with Gasteiger partial charge in [0.05, 0.1) is 5.69 Å². The first-order chi connectivity index (χ1) is 12.6. The SMILES string of the molecule is NC(N)=NC(=O)c1ccc2cccc(-c3nccc4ccccc34)c2c1. The number of nitrogens with zero attached hydrogens (tertiary/aromatic N) is 2. The second-order valence-corrected chi connectivity index (χ2v) is 5.96. The predicted octanol–water partition coefficient (Wildman–Crippen LogP) is 3.47. The quantitative estimate of drug-likeness (QED) is 0.431. The molecule has 5 nitrogen and oxygen atoms in total. The van der Waals surface area contributed by atoms with E-state index in [0.29, 0.717) is 5.56 Å². The van der Waals surface area contributed by atoms with Crippen molar-refractivity contribution in [3.63, 3.8) is 0 Å². The monoisotopic (exact) mass is 340 g/mol. The Balaban J connectivity index is 1.98. The maximum atomic E-state index is 12.2. The van der Waals surface area contributed by atoms with E-state index in [1.54, 1.807) is 12.3 Å². The molecule has 126 valence electrons. The van der Waals surface area contributed by atoms with E-state index in [4.69, 9.17) is 11.5 Å². The fourth-order valence-corrected chi connectivity index (χ4v) is 3.13. The summed E-state index contributed by atoms with van der Waals surface area (Å²) in [7, 11) is 0. The summed E-state index contributed by atoms with van der Waals surface area (Å²) in [6.45, 7) is 0. The number of benzene rings is 3. The van der Waals surface area contributed by atoms with Crippen molar-refractivity contribution in [1.29, 1.82) is 0 Å². The predicted molar refractivity (Wildman–Crippen MR) is 105 cm³/mol. The minimum Gasteiger partial charge on any atom is -0.370 e. The van der Waals surface area contributed by atoms with Crippen LogP contribution in [0, 0.1) is 0 Å². The van der Waals surface area contributed by atoms with Crippen molar-refractivity contribution in [1.82, 2.24) is 4.98 Å². The Labute approximate surface area is 150 Å². The Morgan fingerprint density at radius 3 is 2.46 bits per heavy atom. The zero-order chi connectivity index (χ0) is 18.1. The Morgan fingerprint density at radius 2 is 1.62 bits per heavy atom. The topological polar surface area (TPSA) is 94.4 Å². The molecule has 0 saturated heterocycles. The van der Waals surface area contributed by atoms with Gasteiger partial charge in [0.25, 0.3) is 5.91 Å². The highest BCUT2D eigenvalue weighted by atomic mass is 16.1. The van der Waals surface area contributed by atoms with Gasteiger partial charge in [-0.2, -0.15) is 4.99 Å². The number of carbonyl (C=O) groups is 1. The first-order valence-corrected chi connectivity index (χ1v) is 8.14. The van der Waals surface area contributed by atoms with Crippen LogP contribution in [0.1, 0.15) is 10.4 Å². The van der Waals surface area contributed by atoms with E-state index in [1.807, 2.05) is 54.6 Å². The molecule has 0 fully saturated rings. The minimum absolute atomic E-state index is 0.251. The molecule has 5 heteroatoms. The van der Waals surface area contributed by atoms with Crippen LogP contribution in [-0.4, -0.2) is 16.9 Å². The first kappa shape index (κ1) is 15.8. The molecular formula is C21H16N4O. The maximum Gasteiger partial charge on any atom is 0.280 e. The number of fused-ring (bicyclic) bond motifs is 2. The largest absolute Gasteiger partial charge is 0.370 e. The van der Waals surface area contributed by atoms with Gasteiger partial charge in [-0.05, 0) is 34.4 Å². The zero-order valence-corrected chi connectivity index (χ0v) is 13.9. The molecule has 4 N–H and O–H groups in total. The van der Waals surface area contributed by atoms with Crippen molar-refractivity contribution in [2.45, 2.75) is 0 Å². The lowest BCUT2D eigenvalue weighted by atomic mass is 9.97. The second-order valence-electron chi connectivity index (χ2n) is 5.96. The van der Waals surface area contributed by atoms with Crippen LogP contribution < -0.4 is 11.5 Å². The fourth-order valence-electron chi connectivity index (χ4n) is 3.13. The van der Waals surface area contributed by atoms with E-state index in [2.05, 4.69) is 16.0 Å². The highest BCUT2D eigenvalue weighted by Crippen LogP contribution is 2.32. The smallest absolute Gasteiger partial charge is 0.280 e. The van der Waals surface area contributed by atoms with Gasteiger partial charge in [-0.25, -0.2) is 0 Å². The van der Waals surface area contributed by atoms with Gasteiger partial charge in [-0.15, -0.1) is 0 Å². The standard InChI is InChI=1S/C21H16N4O/c22-21(23)25-20(26)15-9-8-13-5-3-7-17(18(13)12-15)19-16-6-2-1-4-14(16)10-11-24-19/h1-12H,(H4,22,23,25,26). The maximum absolute atomic E-state index is 12.2. The third kappa shape index (κ3) is 2.75. The molecular weight excluding hydrogens is 324 g/mol. The van der Waals surface area contributed by atoms with E-state index in [-0.39, 0.29) is 5.96 Å². The van der Waals surface area contributed by atoms with Gasteiger partial charge < -0.3 is 11.5 Å². The molecule has 0 radical (unpaired) electrons. The van der Waals surface area contributed by atoms with Crippen LogP contribution in [0.4, 0.5) is 0 Å². The van der Waals surface area contributed by atoms with Crippen LogP contribution in [-0.2, 0) is 0 Å². The summed E-state index contributed by atoms with van der Waals surface area (Å²) in [4.78, 5) is 20.4. The second kappa shape index (κ2) is 6.29. The molecule has 0 aliphatic heterocycles. The van der Waals surface area contributed by atoms with Gasteiger partial charge >= 0.3 is 0 Å². The summed E-state index contributed by atoms with van der Waals surface area (Å²) in [6.07, 6.45) is 1.80. The normalized spacial score (nSPS) is 10.8. The number of rotatable bonds is 2. The van der Waals surface area contributed by atoms with Gasteiger partial charge in [0.15, 0.2) is 5.96 Å². The van der Waals surface area contributed by atoms with Crippen molar-refractivity contribution >= 4 is 33.4 Å². The molecule has 1 aromatic heterocycles. The van der Waals surface area contributed by atoms with E-state index in [9.17, 15) is 4.79 Å². The first-order valence-electron chi connectivity index (χ1n) is 8.14. The number of nitrogens with two attached hydrogens (primary N) is 2. The van der Waals surface area contributed by atoms with E-state index >= 15 is 0 Å². The van der Waals surface area contributed by atoms with Crippen molar-refractivity contribution in [2.75, 3.05) is 0 Å². The number of guanidine groups is 1. The summed E-state index contributed by atoms with van der Waals surface area (Å²) in [6, 6.07) is 21.5. The number of hydrogen-bond donors (Lipinski definition) is 2. The molecule has 0 spiro atoms. The van der Waals surface area contributed by atoms with Crippen LogP contribution in [0.3, 0.4) is 0 Å². The molecule has 26 heavy (non-hydrogen) atoms. The zero-order valence-electron chi connectivity index (χ0n) is 13.9. The number of hydrogen-bond acceptors (Lipinski definition) is 2. The van der Waals surface area contributed by atoms with Crippen LogP contribution >= 0.6 is 0 Å². The fraction of sp³-hybridized carbons (Fsp3) is 0. The molecule has 1 amide bonds. The third-order valence-corrected chi connectivity index (χ3v) is 4.29. The summed E-state index contributed by atoms with van der Waals surface area (Å²) >= 11 is 0. The molecule has 0 bridgehead atoms. The van der Waals surface area contributed by atoms with Crippen LogP contribution in [0.25, 0.3) is 32.8 Å². The molecule has 0 saturated carbocycles. The summed E-state index contributed by atoms with van der Waals surface area (Å²) in [5.74, 6) is -0.716. The van der Waals surface area contributed by atoms with Crippen molar-refractivity contribution in [3.05, 3.63) is 78.5 Å². The molecule has 4 rings (SSSR count). The molecule has 1 heterocycles. The Morgan fingerprint density at radius 1 is 0.846 bits per heavy atom. The van der Waals surface area contributed by atoms with Crippen molar-refractivity contribution < 1.29 is 4.79 Å².